The Morgan fingerprint density at radius 3 is 2.13 bits per heavy atom. The third kappa shape index (κ3) is 5.75. The monoisotopic (exact) mass is 514 g/mol. The second kappa shape index (κ2) is 10.6. The van der Waals surface area contributed by atoms with Crippen molar-refractivity contribution in [3.63, 3.8) is 0 Å². The maximum atomic E-state index is 12.9. The molecule has 9 nitrogen and oxygen atoms in total. The average Bonchev–Trinajstić information content (AvgIpc) is 2.76. The molecule has 0 saturated heterocycles. The molecule has 2 rings (SSSR count). The largest absolute Gasteiger partial charge is 0.493 e. The molecule has 168 valence electrons. The molecule has 0 atom stereocenters. The zero-order valence-corrected chi connectivity index (χ0v) is 19.9. The maximum absolute atomic E-state index is 12.9. The first-order valence-corrected chi connectivity index (χ1v) is 11.3. The van der Waals surface area contributed by atoms with Gasteiger partial charge in [0, 0.05) is 23.2 Å². The van der Waals surface area contributed by atoms with Gasteiger partial charge in [0.2, 0.25) is 15.9 Å². The Hall–Kier alpha value is -2.63. The van der Waals surface area contributed by atoms with E-state index in [1.54, 1.807) is 19.1 Å². The van der Waals surface area contributed by atoms with Crippen molar-refractivity contribution in [1.29, 1.82) is 0 Å². The molecule has 0 aliphatic heterocycles. The highest BCUT2D eigenvalue weighted by atomic mass is 79.9. The van der Waals surface area contributed by atoms with E-state index in [1.807, 2.05) is 0 Å². The fourth-order valence-electron chi connectivity index (χ4n) is 2.73. The topological polar surface area (TPSA) is 111 Å². The van der Waals surface area contributed by atoms with E-state index in [0.29, 0.717) is 0 Å². The van der Waals surface area contributed by atoms with Gasteiger partial charge >= 0.3 is 5.97 Å². The van der Waals surface area contributed by atoms with Crippen LogP contribution in [-0.2, 0) is 19.6 Å². The summed E-state index contributed by atoms with van der Waals surface area (Å²) in [6, 6.07) is 8.88. The minimum atomic E-state index is -3.89. The van der Waals surface area contributed by atoms with E-state index in [4.69, 9.17) is 14.2 Å². The van der Waals surface area contributed by atoms with Gasteiger partial charge in [-0.05, 0) is 24.3 Å². The van der Waals surface area contributed by atoms with Crippen LogP contribution in [0.5, 0.6) is 11.5 Å². The van der Waals surface area contributed by atoms with Crippen LogP contribution in [0.4, 0.5) is 5.69 Å². The molecule has 0 radical (unpaired) electrons. The Balaban J connectivity index is 2.31. The van der Waals surface area contributed by atoms with Crippen molar-refractivity contribution in [3.8, 4) is 11.5 Å². The molecule has 2 aromatic carbocycles. The number of rotatable bonds is 9. The number of hydrogen-bond acceptors (Lipinski definition) is 7. The van der Waals surface area contributed by atoms with Crippen LogP contribution in [-0.4, -0.2) is 59.0 Å². The van der Waals surface area contributed by atoms with E-state index in [0.717, 1.165) is 8.78 Å². The molecule has 0 heterocycles. The molecule has 0 aromatic heterocycles. The Bertz CT molecular complexity index is 1060. The predicted molar refractivity (Wildman–Crippen MR) is 118 cm³/mol. The number of methoxy groups -OCH3 is 3. The molecule has 0 aliphatic carbocycles. The van der Waals surface area contributed by atoms with Crippen LogP contribution in [0.1, 0.15) is 17.3 Å². The summed E-state index contributed by atoms with van der Waals surface area (Å²) in [4.78, 5) is 24.9. The van der Waals surface area contributed by atoms with Crippen LogP contribution in [0.25, 0.3) is 0 Å². The lowest BCUT2D eigenvalue weighted by atomic mass is 10.1. The highest BCUT2D eigenvalue weighted by Gasteiger charge is 2.26. The van der Waals surface area contributed by atoms with Crippen molar-refractivity contribution in [2.24, 2.45) is 0 Å². The van der Waals surface area contributed by atoms with Crippen molar-refractivity contribution in [1.82, 2.24) is 4.31 Å². The first-order valence-electron chi connectivity index (χ1n) is 9.07. The Labute approximate surface area is 189 Å². The van der Waals surface area contributed by atoms with E-state index < -0.39 is 28.4 Å². The first-order chi connectivity index (χ1) is 14.7. The summed E-state index contributed by atoms with van der Waals surface area (Å²) in [6.07, 6.45) is 0. The lowest BCUT2D eigenvalue weighted by molar-refractivity contribution is -0.116. The number of carbonyl (C=O) groups is 2. The standard InChI is InChI=1S/C20H23BrN2O7S/c1-5-23(31(26,27)14-8-6-13(21)7-9-14)12-19(24)22-16-11-18(29-3)17(28-2)10-15(16)20(25)30-4/h6-11H,5,12H2,1-4H3,(H,22,24). The van der Waals surface area contributed by atoms with Gasteiger partial charge in [0.25, 0.3) is 0 Å². The molecular weight excluding hydrogens is 492 g/mol. The molecule has 0 unspecified atom stereocenters. The van der Waals surface area contributed by atoms with Crippen LogP contribution in [0.3, 0.4) is 0 Å². The highest BCUT2D eigenvalue weighted by molar-refractivity contribution is 9.10. The summed E-state index contributed by atoms with van der Waals surface area (Å²) >= 11 is 3.26. The van der Waals surface area contributed by atoms with Crippen LogP contribution < -0.4 is 14.8 Å². The van der Waals surface area contributed by atoms with Crippen molar-refractivity contribution in [2.75, 3.05) is 39.7 Å². The summed E-state index contributed by atoms with van der Waals surface area (Å²) < 4.78 is 42.7. The van der Waals surface area contributed by atoms with Gasteiger partial charge in [0.15, 0.2) is 11.5 Å². The Morgan fingerprint density at radius 1 is 1.03 bits per heavy atom. The van der Waals surface area contributed by atoms with Gasteiger partial charge in [0.1, 0.15) is 0 Å². The second-order valence-electron chi connectivity index (χ2n) is 6.18. The number of esters is 1. The van der Waals surface area contributed by atoms with Gasteiger partial charge < -0.3 is 19.5 Å². The summed E-state index contributed by atoms with van der Waals surface area (Å²) in [5.74, 6) is -0.792. The van der Waals surface area contributed by atoms with Crippen LogP contribution >= 0.6 is 15.9 Å². The molecule has 0 saturated carbocycles. The smallest absolute Gasteiger partial charge is 0.340 e. The molecule has 2 aromatic rings. The summed E-state index contributed by atoms with van der Waals surface area (Å²) in [7, 11) is 0.122. The number of nitrogens with zero attached hydrogens (tertiary/aromatic N) is 1. The molecule has 1 N–H and O–H groups in total. The van der Waals surface area contributed by atoms with Gasteiger partial charge in [-0.25, -0.2) is 13.2 Å². The SMILES string of the molecule is CCN(CC(=O)Nc1cc(OC)c(OC)cc1C(=O)OC)S(=O)(=O)c1ccc(Br)cc1. The highest BCUT2D eigenvalue weighted by Crippen LogP contribution is 2.33. The van der Waals surface area contributed by atoms with Gasteiger partial charge in [-0.1, -0.05) is 22.9 Å². The van der Waals surface area contributed by atoms with Crippen molar-refractivity contribution in [3.05, 3.63) is 46.4 Å². The first kappa shape index (κ1) is 24.6. The number of amides is 1. The fourth-order valence-corrected chi connectivity index (χ4v) is 4.40. The van der Waals surface area contributed by atoms with E-state index >= 15 is 0 Å². The van der Waals surface area contributed by atoms with Crippen molar-refractivity contribution in [2.45, 2.75) is 11.8 Å². The maximum Gasteiger partial charge on any atom is 0.340 e. The number of carbonyl (C=O) groups excluding carboxylic acids is 2. The Kier molecular flexibility index (Phi) is 8.43. The molecule has 11 heteroatoms. The fraction of sp³-hybridized carbons (Fsp3) is 0.300. The zero-order chi connectivity index (χ0) is 23.2. The number of nitrogens with one attached hydrogen (secondary N) is 1. The van der Waals surface area contributed by atoms with E-state index in [9.17, 15) is 18.0 Å². The van der Waals surface area contributed by atoms with Crippen LogP contribution in [0.2, 0.25) is 0 Å². The lowest BCUT2D eigenvalue weighted by Crippen LogP contribution is -2.38. The minimum absolute atomic E-state index is 0.0346. The quantitative estimate of drug-likeness (QED) is 0.512. The van der Waals surface area contributed by atoms with Crippen LogP contribution in [0.15, 0.2) is 45.8 Å². The summed E-state index contributed by atoms with van der Waals surface area (Å²) in [6.45, 7) is 1.24. The number of sulfonamides is 1. The number of hydrogen-bond donors (Lipinski definition) is 1. The minimum Gasteiger partial charge on any atom is -0.493 e. The number of halogens is 1. The van der Waals surface area contributed by atoms with Gasteiger partial charge in [0.05, 0.1) is 44.0 Å². The van der Waals surface area contributed by atoms with Gasteiger partial charge in [-0.3, -0.25) is 4.79 Å². The summed E-state index contributed by atoms with van der Waals surface area (Å²) in [5, 5.41) is 2.56. The third-order valence-corrected chi connectivity index (χ3v) is 6.79. The number of likely N-dealkylation sites (N-methyl/N-ethyl adjacent to an activating group) is 1. The van der Waals surface area contributed by atoms with Gasteiger partial charge in [-0.2, -0.15) is 4.31 Å². The van der Waals surface area contributed by atoms with Crippen molar-refractivity contribution >= 4 is 43.5 Å². The molecule has 0 fully saturated rings. The summed E-state index contributed by atoms with van der Waals surface area (Å²) in [5.41, 5.74) is 0.138. The Morgan fingerprint density at radius 2 is 1.61 bits per heavy atom. The predicted octanol–water partition coefficient (Wildman–Crippen LogP) is 2.90. The number of anilines is 1. The molecule has 0 spiro atoms. The average molecular weight is 515 g/mol. The number of benzene rings is 2. The normalized spacial score (nSPS) is 11.2. The van der Waals surface area contributed by atoms with Crippen molar-refractivity contribution < 1.29 is 32.2 Å². The van der Waals surface area contributed by atoms with E-state index in [-0.39, 0.29) is 34.2 Å². The molecule has 31 heavy (non-hydrogen) atoms. The number of ether oxygens (including phenoxy) is 3. The second-order valence-corrected chi connectivity index (χ2v) is 9.03. The van der Waals surface area contributed by atoms with Gasteiger partial charge in [-0.15, -0.1) is 0 Å². The lowest BCUT2D eigenvalue weighted by Gasteiger charge is -2.21. The zero-order valence-electron chi connectivity index (χ0n) is 17.5. The molecule has 0 bridgehead atoms. The molecular formula is C20H23BrN2O7S. The molecule has 1 amide bonds. The molecule has 0 aliphatic rings. The van der Waals surface area contributed by atoms with Crippen LogP contribution in [0, 0.1) is 0 Å². The van der Waals surface area contributed by atoms with E-state index in [1.165, 1.54) is 45.6 Å². The van der Waals surface area contributed by atoms with E-state index in [2.05, 4.69) is 21.2 Å². The third-order valence-electron chi connectivity index (χ3n) is 4.33.